The number of hydrogen-bond donors (Lipinski definition) is 3. The van der Waals surface area contributed by atoms with Crippen LogP contribution in [-0.2, 0) is 0 Å². The number of thioether (sulfide) groups is 1. The molecule has 0 spiro atoms. The Balaban J connectivity index is 3.08. The number of aliphatic hydroxyl groups excluding tert-OH is 1. The Labute approximate surface area is 97.0 Å². The van der Waals surface area contributed by atoms with Crippen molar-refractivity contribution in [2.75, 3.05) is 6.61 Å². The molecule has 88 valence electrons. The Bertz CT molecular complexity index is 398. The van der Waals surface area contributed by atoms with Crippen molar-refractivity contribution in [3.8, 4) is 0 Å². The third-order valence-corrected chi connectivity index (χ3v) is 3.07. The van der Waals surface area contributed by atoms with E-state index in [4.69, 9.17) is 16.0 Å². The van der Waals surface area contributed by atoms with Crippen molar-refractivity contribution in [1.82, 2.24) is 0 Å². The Morgan fingerprint density at radius 2 is 2.31 bits per heavy atom. The molecule has 0 bridgehead atoms. The number of amidine groups is 1. The van der Waals surface area contributed by atoms with Gasteiger partial charge in [0.2, 0.25) is 0 Å². The maximum atomic E-state index is 13.0. The first-order valence-electron chi connectivity index (χ1n) is 4.63. The molecule has 0 fully saturated rings. The molecule has 6 heteroatoms. The summed E-state index contributed by atoms with van der Waals surface area (Å²) in [5.74, 6) is -0.602. The van der Waals surface area contributed by atoms with Crippen LogP contribution in [0.25, 0.3) is 0 Å². The molecule has 1 atom stereocenters. The Morgan fingerprint density at radius 3 is 2.88 bits per heavy atom. The van der Waals surface area contributed by atoms with E-state index < -0.39 is 5.82 Å². The molecule has 1 aromatic carbocycles. The molecule has 0 amide bonds. The second-order valence-electron chi connectivity index (χ2n) is 3.24. The molecule has 0 aliphatic rings. The summed E-state index contributed by atoms with van der Waals surface area (Å²) in [7, 11) is 0. The number of rotatable bonds is 4. The molecule has 0 aliphatic carbocycles. The minimum Gasteiger partial charge on any atom is -0.409 e. The number of oxime groups is 1. The fourth-order valence-corrected chi connectivity index (χ4v) is 2.06. The van der Waals surface area contributed by atoms with Gasteiger partial charge in [0.1, 0.15) is 5.82 Å². The van der Waals surface area contributed by atoms with Crippen LogP contribution >= 0.6 is 11.8 Å². The molecule has 0 radical (unpaired) electrons. The fraction of sp³-hybridized carbons (Fsp3) is 0.300. The van der Waals surface area contributed by atoms with Gasteiger partial charge in [-0.25, -0.2) is 4.39 Å². The molecular weight excluding hydrogens is 231 g/mol. The van der Waals surface area contributed by atoms with Crippen LogP contribution in [0.5, 0.6) is 0 Å². The van der Waals surface area contributed by atoms with E-state index in [1.54, 1.807) is 6.07 Å². The number of nitrogens with zero attached hydrogens (tertiary/aromatic N) is 1. The van der Waals surface area contributed by atoms with Crippen LogP contribution in [0.2, 0.25) is 0 Å². The molecule has 0 saturated heterocycles. The molecule has 4 N–H and O–H groups in total. The Morgan fingerprint density at radius 1 is 1.62 bits per heavy atom. The molecule has 4 nitrogen and oxygen atoms in total. The van der Waals surface area contributed by atoms with E-state index in [1.165, 1.54) is 23.9 Å². The van der Waals surface area contributed by atoms with E-state index in [0.717, 1.165) is 0 Å². The van der Waals surface area contributed by atoms with Gasteiger partial charge in [-0.3, -0.25) is 0 Å². The standard InChI is InChI=1S/C10H13FN2O2S/c1-6(5-14)16-9-3-2-7(11)4-8(9)10(12)13-15/h2-4,6,14-15H,5H2,1H3,(H2,12,13). The van der Waals surface area contributed by atoms with Gasteiger partial charge in [-0.05, 0) is 18.2 Å². The number of halogens is 1. The maximum Gasteiger partial charge on any atom is 0.171 e. The molecular formula is C10H13FN2O2S. The van der Waals surface area contributed by atoms with Crippen LogP contribution in [0.1, 0.15) is 12.5 Å². The van der Waals surface area contributed by atoms with Gasteiger partial charge in [-0.15, -0.1) is 11.8 Å². The summed E-state index contributed by atoms with van der Waals surface area (Å²) < 4.78 is 13.0. The van der Waals surface area contributed by atoms with Crippen molar-refractivity contribution in [3.63, 3.8) is 0 Å². The quantitative estimate of drug-likeness (QED) is 0.246. The maximum absolute atomic E-state index is 13.0. The van der Waals surface area contributed by atoms with E-state index in [1.807, 2.05) is 6.92 Å². The molecule has 1 unspecified atom stereocenters. The van der Waals surface area contributed by atoms with Crippen molar-refractivity contribution >= 4 is 17.6 Å². The molecule has 0 saturated carbocycles. The highest BCUT2D eigenvalue weighted by Crippen LogP contribution is 2.27. The summed E-state index contributed by atoms with van der Waals surface area (Å²) in [6, 6.07) is 4.03. The lowest BCUT2D eigenvalue weighted by Crippen LogP contribution is -2.15. The van der Waals surface area contributed by atoms with Gasteiger partial charge in [0.25, 0.3) is 0 Å². The van der Waals surface area contributed by atoms with Gasteiger partial charge in [0.05, 0.1) is 6.61 Å². The Kier molecular flexibility index (Phi) is 4.57. The van der Waals surface area contributed by atoms with Crippen molar-refractivity contribution in [2.24, 2.45) is 10.9 Å². The average Bonchev–Trinajstić information content (AvgIpc) is 2.30. The topological polar surface area (TPSA) is 78.8 Å². The molecule has 16 heavy (non-hydrogen) atoms. The number of benzene rings is 1. The average molecular weight is 244 g/mol. The summed E-state index contributed by atoms with van der Waals surface area (Å²) in [4.78, 5) is 0.665. The molecule has 1 aromatic rings. The summed E-state index contributed by atoms with van der Waals surface area (Å²) in [6.07, 6.45) is 0. The van der Waals surface area contributed by atoms with Crippen molar-refractivity contribution in [1.29, 1.82) is 0 Å². The highest BCUT2D eigenvalue weighted by Gasteiger charge is 2.12. The molecule has 0 aromatic heterocycles. The van der Waals surface area contributed by atoms with Crippen molar-refractivity contribution < 1.29 is 14.7 Å². The second-order valence-corrected chi connectivity index (χ2v) is 4.72. The lowest BCUT2D eigenvalue weighted by Gasteiger charge is -2.11. The molecule has 0 aliphatic heterocycles. The van der Waals surface area contributed by atoms with Crippen LogP contribution in [0.3, 0.4) is 0 Å². The zero-order chi connectivity index (χ0) is 12.1. The monoisotopic (exact) mass is 244 g/mol. The number of nitrogens with two attached hydrogens (primary N) is 1. The van der Waals surface area contributed by atoms with E-state index in [0.29, 0.717) is 10.5 Å². The highest BCUT2D eigenvalue weighted by atomic mass is 32.2. The third kappa shape index (κ3) is 3.11. The highest BCUT2D eigenvalue weighted by molar-refractivity contribution is 8.00. The summed E-state index contributed by atoms with van der Waals surface area (Å²) >= 11 is 1.33. The SMILES string of the molecule is CC(CO)Sc1ccc(F)cc1/C(N)=N/O. The van der Waals surface area contributed by atoms with E-state index in [-0.39, 0.29) is 17.7 Å². The van der Waals surface area contributed by atoms with Gasteiger partial charge < -0.3 is 16.0 Å². The predicted molar refractivity (Wildman–Crippen MR) is 61.3 cm³/mol. The third-order valence-electron chi connectivity index (χ3n) is 1.91. The Hall–Kier alpha value is -1.27. The van der Waals surface area contributed by atoms with Crippen molar-refractivity contribution in [2.45, 2.75) is 17.1 Å². The van der Waals surface area contributed by atoms with Gasteiger partial charge in [0, 0.05) is 15.7 Å². The van der Waals surface area contributed by atoms with Crippen LogP contribution in [0.15, 0.2) is 28.3 Å². The lowest BCUT2D eigenvalue weighted by molar-refractivity contribution is 0.300. The van der Waals surface area contributed by atoms with Gasteiger partial charge >= 0.3 is 0 Å². The van der Waals surface area contributed by atoms with E-state index >= 15 is 0 Å². The lowest BCUT2D eigenvalue weighted by atomic mass is 10.2. The van der Waals surface area contributed by atoms with E-state index in [9.17, 15) is 4.39 Å². The second kappa shape index (κ2) is 5.72. The van der Waals surface area contributed by atoms with Crippen LogP contribution in [0.4, 0.5) is 4.39 Å². The number of aliphatic hydroxyl groups is 1. The van der Waals surface area contributed by atoms with Crippen LogP contribution in [-0.4, -0.2) is 28.0 Å². The number of hydrogen-bond acceptors (Lipinski definition) is 4. The predicted octanol–water partition coefficient (Wildman–Crippen LogP) is 1.39. The minimum absolute atomic E-state index is 0.00233. The van der Waals surface area contributed by atoms with Gasteiger partial charge in [-0.2, -0.15) is 0 Å². The minimum atomic E-state index is -0.456. The van der Waals surface area contributed by atoms with Crippen LogP contribution < -0.4 is 5.73 Å². The molecule has 1 rings (SSSR count). The first kappa shape index (κ1) is 12.8. The first-order valence-corrected chi connectivity index (χ1v) is 5.51. The molecule has 0 heterocycles. The zero-order valence-corrected chi connectivity index (χ0v) is 9.54. The first-order chi connectivity index (χ1) is 7.58. The van der Waals surface area contributed by atoms with Crippen molar-refractivity contribution in [3.05, 3.63) is 29.6 Å². The summed E-state index contributed by atoms with van der Waals surface area (Å²) in [5, 5.41) is 20.3. The smallest absolute Gasteiger partial charge is 0.171 e. The largest absolute Gasteiger partial charge is 0.409 e. The van der Waals surface area contributed by atoms with Crippen LogP contribution in [0, 0.1) is 5.82 Å². The fourth-order valence-electron chi connectivity index (χ4n) is 1.11. The summed E-state index contributed by atoms with van der Waals surface area (Å²) in [5.41, 5.74) is 5.77. The van der Waals surface area contributed by atoms with Gasteiger partial charge in [-0.1, -0.05) is 12.1 Å². The normalized spacial score (nSPS) is 13.8. The summed E-state index contributed by atoms with van der Waals surface area (Å²) in [6.45, 7) is 1.82. The van der Waals surface area contributed by atoms with E-state index in [2.05, 4.69) is 5.16 Å². The zero-order valence-electron chi connectivity index (χ0n) is 8.72. The van der Waals surface area contributed by atoms with Gasteiger partial charge in [0.15, 0.2) is 5.84 Å².